The summed E-state index contributed by atoms with van der Waals surface area (Å²) in [5.41, 5.74) is 0.759. The second kappa shape index (κ2) is 7.20. The van der Waals surface area contributed by atoms with E-state index in [0.29, 0.717) is 18.1 Å². The number of anilines is 1. The molecule has 1 N–H and O–H groups in total. The van der Waals surface area contributed by atoms with E-state index in [1.54, 1.807) is 11.0 Å². The summed E-state index contributed by atoms with van der Waals surface area (Å²) >= 11 is 1.36. The van der Waals surface area contributed by atoms with Gasteiger partial charge in [0.15, 0.2) is 5.13 Å². The first kappa shape index (κ1) is 18.6. The Morgan fingerprint density at radius 3 is 2.88 bits per heavy atom. The van der Waals surface area contributed by atoms with Crippen LogP contribution < -0.4 is 5.32 Å². The van der Waals surface area contributed by atoms with E-state index in [9.17, 15) is 14.0 Å². The molecule has 0 radical (unpaired) electrons. The summed E-state index contributed by atoms with van der Waals surface area (Å²) < 4.78 is 14.3. The summed E-state index contributed by atoms with van der Waals surface area (Å²) in [5.74, 6) is -0.576. The van der Waals surface area contributed by atoms with Crippen molar-refractivity contribution in [2.75, 3.05) is 11.9 Å². The van der Waals surface area contributed by atoms with Gasteiger partial charge in [0.05, 0.1) is 10.2 Å². The molecule has 1 aromatic heterocycles. The number of aromatic nitrogens is 1. The Hall–Kier alpha value is -2.19. The number of amides is 2. The topological polar surface area (TPSA) is 62.3 Å². The lowest BCUT2D eigenvalue weighted by Gasteiger charge is -2.21. The van der Waals surface area contributed by atoms with Crippen LogP contribution in [0.15, 0.2) is 30.3 Å². The fraction of sp³-hybridized carbons (Fsp3) is 0.278. The van der Waals surface area contributed by atoms with Crippen molar-refractivity contribution in [3.05, 3.63) is 36.1 Å². The van der Waals surface area contributed by atoms with Crippen molar-refractivity contribution < 1.29 is 14.0 Å². The number of nitrogens with zero attached hydrogens (tertiary/aromatic N) is 2. The maximum absolute atomic E-state index is 13.4. The Kier molecular flexibility index (Phi) is 5.15. The Bertz CT molecular complexity index is 1000. The molecule has 0 bridgehead atoms. The largest absolute Gasteiger partial charge is 0.331 e. The first-order valence-electron chi connectivity index (χ1n) is 8.10. The minimum absolute atomic E-state index is 0. The highest BCUT2D eigenvalue weighted by atomic mass is 32.1. The molecule has 26 heavy (non-hydrogen) atoms. The van der Waals surface area contributed by atoms with Crippen LogP contribution in [-0.4, -0.2) is 34.3 Å². The van der Waals surface area contributed by atoms with Crippen LogP contribution in [-0.2, 0) is 9.59 Å². The third-order valence-corrected chi connectivity index (χ3v) is 5.54. The van der Waals surface area contributed by atoms with Crippen molar-refractivity contribution in [3.63, 3.8) is 0 Å². The SMILES string of the molecule is CC(=O)N1CCC[C@H]1C(=O)Nc1nc2ccc3cc(F)ccc3c2s1.S. The molecule has 0 aliphatic carbocycles. The summed E-state index contributed by atoms with van der Waals surface area (Å²) in [6, 6.07) is 7.83. The van der Waals surface area contributed by atoms with Gasteiger partial charge < -0.3 is 10.2 Å². The summed E-state index contributed by atoms with van der Waals surface area (Å²) in [5, 5.41) is 5.03. The lowest BCUT2D eigenvalue weighted by Crippen LogP contribution is -2.42. The molecule has 0 unspecified atom stereocenters. The number of hydrogen-bond acceptors (Lipinski definition) is 4. The van der Waals surface area contributed by atoms with Gasteiger partial charge in [0.1, 0.15) is 11.9 Å². The highest BCUT2D eigenvalue weighted by molar-refractivity contribution is 7.59. The molecule has 2 amide bonds. The third kappa shape index (κ3) is 3.26. The monoisotopic (exact) mass is 391 g/mol. The quantitative estimate of drug-likeness (QED) is 0.725. The van der Waals surface area contributed by atoms with E-state index in [0.717, 1.165) is 27.4 Å². The molecule has 3 aromatic rings. The number of hydrogen-bond donors (Lipinski definition) is 1. The Morgan fingerprint density at radius 1 is 1.31 bits per heavy atom. The van der Waals surface area contributed by atoms with Gasteiger partial charge in [-0.15, -0.1) is 0 Å². The number of carbonyl (C=O) groups excluding carboxylic acids is 2. The van der Waals surface area contributed by atoms with Gasteiger partial charge in [-0.3, -0.25) is 9.59 Å². The molecule has 0 saturated carbocycles. The van der Waals surface area contributed by atoms with E-state index in [-0.39, 0.29) is 31.1 Å². The third-order valence-electron chi connectivity index (χ3n) is 4.52. The van der Waals surface area contributed by atoms with Crippen LogP contribution in [0.1, 0.15) is 19.8 Å². The zero-order chi connectivity index (χ0) is 17.6. The number of likely N-dealkylation sites (tertiary alicyclic amines) is 1. The average Bonchev–Trinajstić information content (AvgIpc) is 3.20. The van der Waals surface area contributed by atoms with Crippen molar-refractivity contribution in [3.8, 4) is 0 Å². The number of nitrogens with one attached hydrogen (secondary N) is 1. The summed E-state index contributed by atoms with van der Waals surface area (Å²) in [6.45, 7) is 2.10. The Labute approximate surface area is 160 Å². The van der Waals surface area contributed by atoms with Crippen LogP contribution in [0.3, 0.4) is 0 Å². The zero-order valence-electron chi connectivity index (χ0n) is 14.1. The standard InChI is InChI=1S/C18H16FN3O2S.H2S/c1-10(23)22-8-2-3-15(22)17(24)21-18-20-14-7-4-11-9-12(19)5-6-13(11)16(14)25-18;/h4-7,9,15H,2-3,8H2,1H3,(H,20,21,24);1H2/t15-;/m0./s1. The van der Waals surface area contributed by atoms with Gasteiger partial charge in [-0.2, -0.15) is 13.5 Å². The minimum Gasteiger partial charge on any atom is -0.331 e. The highest BCUT2D eigenvalue weighted by Crippen LogP contribution is 2.33. The molecule has 4 rings (SSSR count). The van der Waals surface area contributed by atoms with Crippen LogP contribution >= 0.6 is 24.8 Å². The van der Waals surface area contributed by atoms with E-state index in [2.05, 4.69) is 10.3 Å². The normalized spacial score (nSPS) is 16.7. The van der Waals surface area contributed by atoms with Gasteiger partial charge in [0.25, 0.3) is 0 Å². The van der Waals surface area contributed by atoms with E-state index >= 15 is 0 Å². The minimum atomic E-state index is -0.435. The molecule has 8 heteroatoms. The molecular formula is C18H18FN3O2S2. The van der Waals surface area contributed by atoms with Crippen LogP contribution in [0.25, 0.3) is 21.0 Å². The molecule has 0 spiro atoms. The number of fused-ring (bicyclic) bond motifs is 3. The Morgan fingerprint density at radius 2 is 2.12 bits per heavy atom. The molecule has 2 aromatic carbocycles. The van der Waals surface area contributed by atoms with Crippen molar-refractivity contribution in [1.82, 2.24) is 9.88 Å². The zero-order valence-corrected chi connectivity index (χ0v) is 15.9. The van der Waals surface area contributed by atoms with E-state index in [1.807, 2.05) is 12.1 Å². The molecular weight excluding hydrogens is 373 g/mol. The van der Waals surface area contributed by atoms with Gasteiger partial charge in [0, 0.05) is 18.9 Å². The lowest BCUT2D eigenvalue weighted by atomic mass is 10.1. The fourth-order valence-electron chi connectivity index (χ4n) is 3.34. The van der Waals surface area contributed by atoms with E-state index in [4.69, 9.17) is 0 Å². The van der Waals surface area contributed by atoms with Crippen molar-refractivity contribution in [1.29, 1.82) is 0 Å². The smallest absolute Gasteiger partial charge is 0.248 e. The van der Waals surface area contributed by atoms with Crippen molar-refractivity contribution in [2.45, 2.75) is 25.8 Å². The number of carbonyl (C=O) groups is 2. The van der Waals surface area contributed by atoms with Crippen LogP contribution in [0.2, 0.25) is 0 Å². The van der Waals surface area contributed by atoms with Crippen molar-refractivity contribution in [2.24, 2.45) is 0 Å². The second-order valence-corrected chi connectivity index (χ2v) is 7.16. The predicted molar refractivity (Wildman–Crippen MR) is 107 cm³/mol. The molecule has 2 heterocycles. The van der Waals surface area contributed by atoms with E-state index < -0.39 is 6.04 Å². The first-order valence-corrected chi connectivity index (χ1v) is 8.91. The lowest BCUT2D eigenvalue weighted by molar-refractivity contribution is -0.134. The van der Waals surface area contributed by atoms with Gasteiger partial charge in [-0.1, -0.05) is 17.4 Å². The predicted octanol–water partition coefficient (Wildman–Crippen LogP) is 3.65. The van der Waals surface area contributed by atoms with Crippen LogP contribution in [0.5, 0.6) is 0 Å². The molecule has 1 saturated heterocycles. The van der Waals surface area contributed by atoms with Gasteiger partial charge >= 0.3 is 0 Å². The van der Waals surface area contributed by atoms with Crippen LogP contribution in [0.4, 0.5) is 9.52 Å². The second-order valence-electron chi connectivity index (χ2n) is 6.16. The molecule has 1 fully saturated rings. The first-order chi connectivity index (χ1) is 12.0. The number of benzene rings is 2. The number of thiazole rings is 1. The maximum Gasteiger partial charge on any atom is 0.248 e. The van der Waals surface area contributed by atoms with E-state index in [1.165, 1.54) is 30.4 Å². The fourth-order valence-corrected chi connectivity index (χ4v) is 4.35. The summed E-state index contributed by atoms with van der Waals surface area (Å²) in [4.78, 5) is 30.2. The number of rotatable bonds is 2. The summed E-state index contributed by atoms with van der Waals surface area (Å²) in [6.07, 6.45) is 1.49. The maximum atomic E-state index is 13.4. The molecule has 1 atom stereocenters. The Balaban J connectivity index is 0.00000196. The summed E-state index contributed by atoms with van der Waals surface area (Å²) in [7, 11) is 0. The number of halogens is 1. The van der Waals surface area contributed by atoms with Gasteiger partial charge in [-0.25, -0.2) is 9.37 Å². The van der Waals surface area contributed by atoms with Crippen LogP contribution in [0, 0.1) is 5.82 Å². The molecule has 5 nitrogen and oxygen atoms in total. The molecule has 1 aliphatic heterocycles. The van der Waals surface area contributed by atoms with Gasteiger partial charge in [0.2, 0.25) is 11.8 Å². The molecule has 1 aliphatic rings. The highest BCUT2D eigenvalue weighted by Gasteiger charge is 2.32. The molecule has 136 valence electrons. The average molecular weight is 391 g/mol. The van der Waals surface area contributed by atoms with Gasteiger partial charge in [-0.05, 0) is 42.5 Å². The van der Waals surface area contributed by atoms with Crippen molar-refractivity contribution >= 4 is 62.8 Å².